The van der Waals surface area contributed by atoms with Crippen molar-refractivity contribution in [3.05, 3.63) is 63.1 Å². The van der Waals surface area contributed by atoms with Gasteiger partial charge in [-0.3, -0.25) is 9.59 Å². The van der Waals surface area contributed by atoms with Gasteiger partial charge in [0.05, 0.1) is 17.0 Å². The first-order chi connectivity index (χ1) is 9.95. The number of benzene rings is 2. The topological polar surface area (TPSA) is 66.4 Å². The lowest BCUT2D eigenvalue weighted by atomic mass is 10.1. The van der Waals surface area contributed by atoms with E-state index in [0.29, 0.717) is 21.8 Å². The molecule has 0 atom stereocenters. The van der Waals surface area contributed by atoms with Crippen molar-refractivity contribution < 1.29 is 14.7 Å². The Bertz CT molecular complexity index is 703. The third-order valence-electron chi connectivity index (χ3n) is 2.72. The first kappa shape index (κ1) is 15.5. The molecule has 108 valence electrons. The summed E-state index contributed by atoms with van der Waals surface area (Å²) in [6.07, 6.45) is -0.0945. The monoisotopic (exact) mass is 367 g/mol. The summed E-state index contributed by atoms with van der Waals surface area (Å²) in [6, 6.07) is 11.7. The van der Waals surface area contributed by atoms with Crippen LogP contribution in [0.5, 0.6) is 0 Å². The highest BCUT2D eigenvalue weighted by Crippen LogP contribution is 2.22. The Morgan fingerprint density at radius 3 is 2.62 bits per heavy atom. The SMILES string of the molecule is O=C(O)Cc1cccc(NC(=O)c2ccc(Br)cc2Cl)c1. The highest BCUT2D eigenvalue weighted by molar-refractivity contribution is 9.10. The zero-order valence-corrected chi connectivity index (χ0v) is 13.1. The van der Waals surface area contributed by atoms with Gasteiger partial charge in [0.25, 0.3) is 5.91 Å². The van der Waals surface area contributed by atoms with Crippen LogP contribution in [0.15, 0.2) is 46.9 Å². The van der Waals surface area contributed by atoms with E-state index in [9.17, 15) is 9.59 Å². The number of carbonyl (C=O) groups excluding carboxylic acids is 1. The average Bonchev–Trinajstić information content (AvgIpc) is 2.37. The van der Waals surface area contributed by atoms with E-state index in [2.05, 4.69) is 21.2 Å². The molecule has 0 aliphatic rings. The van der Waals surface area contributed by atoms with E-state index < -0.39 is 5.97 Å². The first-order valence-electron chi connectivity index (χ1n) is 6.03. The number of anilines is 1. The van der Waals surface area contributed by atoms with Gasteiger partial charge in [-0.05, 0) is 35.9 Å². The summed E-state index contributed by atoms with van der Waals surface area (Å²) in [7, 11) is 0. The number of hydrogen-bond donors (Lipinski definition) is 2. The molecule has 0 fully saturated rings. The molecule has 2 rings (SSSR count). The summed E-state index contributed by atoms with van der Waals surface area (Å²) in [5.41, 5.74) is 1.49. The van der Waals surface area contributed by atoms with E-state index >= 15 is 0 Å². The van der Waals surface area contributed by atoms with Crippen molar-refractivity contribution in [2.45, 2.75) is 6.42 Å². The Labute approximate surface area is 134 Å². The summed E-state index contributed by atoms with van der Waals surface area (Å²) < 4.78 is 0.785. The Morgan fingerprint density at radius 2 is 1.95 bits per heavy atom. The molecule has 2 aromatic rings. The van der Waals surface area contributed by atoms with Crippen molar-refractivity contribution >= 4 is 45.1 Å². The fourth-order valence-corrected chi connectivity index (χ4v) is 2.56. The number of carbonyl (C=O) groups is 2. The van der Waals surface area contributed by atoms with Crippen LogP contribution in [-0.2, 0) is 11.2 Å². The molecule has 0 radical (unpaired) electrons. The number of halogens is 2. The second-order valence-electron chi connectivity index (χ2n) is 4.35. The van der Waals surface area contributed by atoms with Gasteiger partial charge < -0.3 is 10.4 Å². The molecular weight excluding hydrogens is 358 g/mol. The van der Waals surface area contributed by atoms with Crippen molar-refractivity contribution in [2.24, 2.45) is 0 Å². The Morgan fingerprint density at radius 1 is 1.19 bits per heavy atom. The maximum Gasteiger partial charge on any atom is 0.307 e. The fourth-order valence-electron chi connectivity index (χ4n) is 1.81. The molecule has 0 spiro atoms. The number of rotatable bonds is 4. The van der Waals surface area contributed by atoms with Gasteiger partial charge in [0.15, 0.2) is 0 Å². The van der Waals surface area contributed by atoms with Gasteiger partial charge in [-0.15, -0.1) is 0 Å². The Hall–Kier alpha value is -1.85. The molecule has 0 saturated carbocycles. The maximum absolute atomic E-state index is 12.2. The van der Waals surface area contributed by atoms with Crippen LogP contribution in [0.4, 0.5) is 5.69 Å². The normalized spacial score (nSPS) is 10.2. The van der Waals surface area contributed by atoms with Gasteiger partial charge in [0.1, 0.15) is 0 Å². The van der Waals surface area contributed by atoms with E-state index in [1.165, 1.54) is 0 Å². The second kappa shape index (κ2) is 6.74. The van der Waals surface area contributed by atoms with Crippen molar-refractivity contribution in [2.75, 3.05) is 5.32 Å². The van der Waals surface area contributed by atoms with Crippen LogP contribution in [-0.4, -0.2) is 17.0 Å². The number of hydrogen-bond acceptors (Lipinski definition) is 2. The summed E-state index contributed by atoms with van der Waals surface area (Å²) in [4.78, 5) is 22.8. The lowest BCUT2D eigenvalue weighted by Gasteiger charge is -2.08. The molecule has 6 heteroatoms. The highest BCUT2D eigenvalue weighted by Gasteiger charge is 2.11. The third kappa shape index (κ3) is 4.31. The van der Waals surface area contributed by atoms with Crippen LogP contribution >= 0.6 is 27.5 Å². The van der Waals surface area contributed by atoms with E-state index in [0.717, 1.165) is 4.47 Å². The Balaban J connectivity index is 2.17. The van der Waals surface area contributed by atoms with Crippen LogP contribution in [0.25, 0.3) is 0 Å². The number of amides is 1. The average molecular weight is 369 g/mol. The van der Waals surface area contributed by atoms with Crippen LogP contribution < -0.4 is 5.32 Å². The second-order valence-corrected chi connectivity index (χ2v) is 5.67. The molecule has 21 heavy (non-hydrogen) atoms. The van der Waals surface area contributed by atoms with Gasteiger partial charge in [-0.1, -0.05) is 39.7 Å². The Kier molecular flexibility index (Phi) is 4.98. The van der Waals surface area contributed by atoms with E-state index in [1.807, 2.05) is 0 Å². The largest absolute Gasteiger partial charge is 0.481 e. The van der Waals surface area contributed by atoms with Crippen molar-refractivity contribution in [3.8, 4) is 0 Å². The molecule has 0 bridgehead atoms. The summed E-state index contributed by atoms with van der Waals surface area (Å²) in [5.74, 6) is -1.27. The highest BCUT2D eigenvalue weighted by atomic mass is 79.9. The molecule has 0 saturated heterocycles. The molecule has 0 aliphatic heterocycles. The number of nitrogens with one attached hydrogen (secondary N) is 1. The molecular formula is C15H11BrClNO3. The van der Waals surface area contributed by atoms with E-state index in [1.54, 1.807) is 42.5 Å². The number of aliphatic carboxylic acids is 1. The summed E-state index contributed by atoms with van der Waals surface area (Å²) >= 11 is 9.30. The molecule has 4 nitrogen and oxygen atoms in total. The van der Waals surface area contributed by atoms with Gasteiger partial charge >= 0.3 is 5.97 Å². The molecule has 2 aromatic carbocycles. The zero-order valence-electron chi connectivity index (χ0n) is 10.8. The fraction of sp³-hybridized carbons (Fsp3) is 0.0667. The first-order valence-corrected chi connectivity index (χ1v) is 7.20. The summed E-state index contributed by atoms with van der Waals surface area (Å²) in [5, 5.41) is 11.8. The molecule has 0 aromatic heterocycles. The molecule has 0 unspecified atom stereocenters. The predicted octanol–water partition coefficient (Wildman–Crippen LogP) is 3.98. The number of carboxylic acid groups (broad SMARTS) is 1. The standard InChI is InChI=1S/C15H11BrClNO3/c16-10-4-5-12(13(17)8-10)15(21)18-11-3-1-2-9(6-11)7-14(19)20/h1-6,8H,7H2,(H,18,21)(H,19,20). The zero-order chi connectivity index (χ0) is 15.4. The van der Waals surface area contributed by atoms with Gasteiger partial charge in [0.2, 0.25) is 0 Å². The minimum atomic E-state index is -0.922. The van der Waals surface area contributed by atoms with Gasteiger partial charge in [-0.25, -0.2) is 0 Å². The lowest BCUT2D eigenvalue weighted by molar-refractivity contribution is -0.136. The quantitative estimate of drug-likeness (QED) is 0.858. The predicted molar refractivity (Wildman–Crippen MR) is 84.9 cm³/mol. The number of carboxylic acids is 1. The van der Waals surface area contributed by atoms with Crippen LogP contribution in [0.1, 0.15) is 15.9 Å². The molecule has 2 N–H and O–H groups in total. The van der Waals surface area contributed by atoms with Crippen LogP contribution in [0.2, 0.25) is 5.02 Å². The van der Waals surface area contributed by atoms with Gasteiger partial charge in [0, 0.05) is 10.2 Å². The van der Waals surface area contributed by atoms with Crippen LogP contribution in [0, 0.1) is 0 Å². The molecule has 0 aliphatic carbocycles. The van der Waals surface area contributed by atoms with Crippen molar-refractivity contribution in [3.63, 3.8) is 0 Å². The van der Waals surface area contributed by atoms with E-state index in [4.69, 9.17) is 16.7 Å². The molecule has 1 amide bonds. The maximum atomic E-state index is 12.2. The minimum absolute atomic E-state index is 0.0945. The van der Waals surface area contributed by atoms with Gasteiger partial charge in [-0.2, -0.15) is 0 Å². The van der Waals surface area contributed by atoms with E-state index in [-0.39, 0.29) is 12.3 Å². The van der Waals surface area contributed by atoms with Crippen molar-refractivity contribution in [1.82, 2.24) is 0 Å². The smallest absolute Gasteiger partial charge is 0.307 e. The lowest BCUT2D eigenvalue weighted by Crippen LogP contribution is -2.12. The van der Waals surface area contributed by atoms with Crippen LogP contribution in [0.3, 0.4) is 0 Å². The minimum Gasteiger partial charge on any atom is -0.481 e. The third-order valence-corrected chi connectivity index (χ3v) is 3.52. The van der Waals surface area contributed by atoms with Crippen molar-refractivity contribution in [1.29, 1.82) is 0 Å². The molecule has 0 heterocycles. The summed E-state index contributed by atoms with van der Waals surface area (Å²) in [6.45, 7) is 0.